The Bertz CT molecular complexity index is 668. The number of nitrogens with one attached hydrogen (secondary N) is 1. The standard InChI is InChI=1S/C16H21F2N3O4/c1-16(2,3)25-15(22)20-8-6-10(7-9-20)19-14-12(21(23)24)5-4-11(17)13(14)18/h4-5,10,19H,6-9H2,1-3H3. The van der Waals surface area contributed by atoms with Crippen molar-refractivity contribution in [2.24, 2.45) is 0 Å². The van der Waals surface area contributed by atoms with Crippen molar-refractivity contribution in [3.63, 3.8) is 0 Å². The molecule has 25 heavy (non-hydrogen) atoms. The van der Waals surface area contributed by atoms with Gasteiger partial charge >= 0.3 is 6.09 Å². The Morgan fingerprint density at radius 1 is 1.32 bits per heavy atom. The van der Waals surface area contributed by atoms with Gasteiger partial charge in [0.1, 0.15) is 5.60 Å². The quantitative estimate of drug-likeness (QED) is 0.659. The topological polar surface area (TPSA) is 84.7 Å². The fraction of sp³-hybridized carbons (Fsp3) is 0.562. The van der Waals surface area contributed by atoms with Crippen LogP contribution in [0.25, 0.3) is 0 Å². The minimum atomic E-state index is -1.27. The van der Waals surface area contributed by atoms with Crippen LogP contribution in [0.1, 0.15) is 33.6 Å². The summed E-state index contributed by atoms with van der Waals surface area (Å²) in [5.41, 5.74) is -1.58. The summed E-state index contributed by atoms with van der Waals surface area (Å²) >= 11 is 0. The molecule has 0 atom stereocenters. The number of likely N-dealkylation sites (tertiary alicyclic amines) is 1. The average Bonchev–Trinajstić information content (AvgIpc) is 2.50. The molecule has 2 rings (SSSR count). The van der Waals surface area contributed by atoms with Crippen molar-refractivity contribution in [2.45, 2.75) is 45.3 Å². The third kappa shape index (κ3) is 4.77. The number of carbonyl (C=O) groups excluding carboxylic acids is 1. The zero-order chi connectivity index (χ0) is 18.8. The summed E-state index contributed by atoms with van der Waals surface area (Å²) in [5, 5.41) is 13.7. The molecule has 1 heterocycles. The number of piperidine rings is 1. The Balaban J connectivity index is 2.02. The van der Waals surface area contributed by atoms with Crippen LogP contribution in [0.5, 0.6) is 0 Å². The van der Waals surface area contributed by atoms with Crippen LogP contribution in [0.2, 0.25) is 0 Å². The lowest BCUT2D eigenvalue weighted by Crippen LogP contribution is -2.44. The first-order valence-corrected chi connectivity index (χ1v) is 7.95. The van der Waals surface area contributed by atoms with Gasteiger partial charge in [0.05, 0.1) is 4.92 Å². The van der Waals surface area contributed by atoms with E-state index >= 15 is 0 Å². The monoisotopic (exact) mass is 357 g/mol. The molecule has 1 aliphatic heterocycles. The second-order valence-corrected chi connectivity index (χ2v) is 6.90. The minimum absolute atomic E-state index is 0.311. The maximum Gasteiger partial charge on any atom is 0.410 e. The highest BCUT2D eigenvalue weighted by Gasteiger charge is 2.29. The largest absolute Gasteiger partial charge is 0.444 e. The van der Waals surface area contributed by atoms with E-state index in [1.165, 1.54) is 4.90 Å². The Morgan fingerprint density at radius 2 is 1.92 bits per heavy atom. The number of carbonyl (C=O) groups is 1. The SMILES string of the molecule is CC(C)(C)OC(=O)N1CCC(Nc2c([N+](=O)[O-])ccc(F)c2F)CC1. The van der Waals surface area contributed by atoms with Gasteiger partial charge in [-0.3, -0.25) is 10.1 Å². The molecule has 0 aliphatic carbocycles. The number of nitrogens with zero attached hydrogens (tertiary/aromatic N) is 2. The van der Waals surface area contributed by atoms with E-state index in [0.29, 0.717) is 25.9 Å². The van der Waals surface area contributed by atoms with Gasteiger partial charge in [0.25, 0.3) is 5.69 Å². The Kier molecular flexibility index (Phi) is 5.44. The molecule has 9 heteroatoms. The van der Waals surface area contributed by atoms with Crippen LogP contribution < -0.4 is 5.32 Å². The lowest BCUT2D eigenvalue weighted by Gasteiger charge is -2.34. The molecule has 1 saturated heterocycles. The molecule has 1 amide bonds. The normalized spacial score (nSPS) is 15.8. The Hall–Kier alpha value is -2.45. The van der Waals surface area contributed by atoms with Crippen molar-refractivity contribution in [1.29, 1.82) is 0 Å². The summed E-state index contributed by atoms with van der Waals surface area (Å²) in [6.07, 6.45) is 0.437. The predicted molar refractivity (Wildman–Crippen MR) is 87.5 cm³/mol. The molecule has 1 aliphatic rings. The van der Waals surface area contributed by atoms with E-state index in [1.807, 2.05) is 0 Å². The second-order valence-electron chi connectivity index (χ2n) is 6.90. The van der Waals surface area contributed by atoms with Gasteiger partial charge in [-0.05, 0) is 39.7 Å². The first kappa shape index (κ1) is 18.9. The maximum absolute atomic E-state index is 13.9. The van der Waals surface area contributed by atoms with Gasteiger partial charge in [-0.1, -0.05) is 0 Å². The minimum Gasteiger partial charge on any atom is -0.444 e. The molecule has 7 nitrogen and oxygen atoms in total. The smallest absolute Gasteiger partial charge is 0.410 e. The predicted octanol–water partition coefficient (Wildman–Crippen LogP) is 3.68. The number of rotatable bonds is 3. The van der Waals surface area contributed by atoms with Gasteiger partial charge in [0.2, 0.25) is 0 Å². The zero-order valence-electron chi connectivity index (χ0n) is 14.3. The van der Waals surface area contributed by atoms with Crippen LogP contribution in [0.4, 0.5) is 25.0 Å². The summed E-state index contributed by atoms with van der Waals surface area (Å²) in [6.45, 7) is 6.02. The fourth-order valence-electron chi connectivity index (χ4n) is 2.57. The molecule has 0 aromatic heterocycles. The van der Waals surface area contributed by atoms with E-state index in [9.17, 15) is 23.7 Å². The summed E-state index contributed by atoms with van der Waals surface area (Å²) in [7, 11) is 0. The highest BCUT2D eigenvalue weighted by atomic mass is 19.2. The molecule has 1 fully saturated rings. The summed E-state index contributed by atoms with van der Waals surface area (Å²) in [5.74, 6) is -2.43. The molecule has 1 aromatic rings. The number of ether oxygens (including phenoxy) is 1. The van der Waals surface area contributed by atoms with Crippen LogP contribution in [0.3, 0.4) is 0 Å². The van der Waals surface area contributed by atoms with Crippen LogP contribution in [-0.4, -0.2) is 40.6 Å². The second kappa shape index (κ2) is 7.20. The molecule has 1 N–H and O–H groups in total. The highest BCUT2D eigenvalue weighted by molar-refractivity contribution is 5.68. The molecular formula is C16H21F2N3O4. The molecule has 1 aromatic carbocycles. The van der Waals surface area contributed by atoms with Gasteiger partial charge in [-0.2, -0.15) is 0 Å². The molecule has 0 unspecified atom stereocenters. The van der Waals surface area contributed by atoms with Crippen molar-refractivity contribution in [3.05, 3.63) is 33.9 Å². The lowest BCUT2D eigenvalue weighted by atomic mass is 10.0. The maximum atomic E-state index is 13.9. The van der Waals surface area contributed by atoms with E-state index in [-0.39, 0.29) is 6.04 Å². The third-order valence-electron chi connectivity index (χ3n) is 3.76. The van der Waals surface area contributed by atoms with Crippen molar-refractivity contribution < 1.29 is 23.2 Å². The fourth-order valence-corrected chi connectivity index (χ4v) is 2.57. The molecule has 0 radical (unpaired) electrons. The first-order valence-electron chi connectivity index (χ1n) is 7.95. The molecule has 0 saturated carbocycles. The number of hydrogen-bond acceptors (Lipinski definition) is 5. The number of hydrogen-bond donors (Lipinski definition) is 1. The van der Waals surface area contributed by atoms with Crippen LogP contribution in [0.15, 0.2) is 12.1 Å². The number of anilines is 1. The van der Waals surface area contributed by atoms with Crippen LogP contribution in [-0.2, 0) is 4.74 Å². The summed E-state index contributed by atoms with van der Waals surface area (Å²) in [4.78, 5) is 23.8. The number of nitro groups is 1. The number of amides is 1. The van der Waals surface area contributed by atoms with Gasteiger partial charge in [-0.15, -0.1) is 0 Å². The summed E-state index contributed by atoms with van der Waals surface area (Å²) < 4.78 is 32.6. The molecule has 138 valence electrons. The van der Waals surface area contributed by atoms with Gasteiger partial charge < -0.3 is 15.0 Å². The average molecular weight is 357 g/mol. The Labute approximate surface area is 144 Å². The van der Waals surface area contributed by atoms with Crippen molar-refractivity contribution in [2.75, 3.05) is 18.4 Å². The van der Waals surface area contributed by atoms with Gasteiger partial charge in [-0.25, -0.2) is 13.6 Å². The van der Waals surface area contributed by atoms with Gasteiger partial charge in [0.15, 0.2) is 17.3 Å². The van der Waals surface area contributed by atoms with Crippen molar-refractivity contribution in [1.82, 2.24) is 4.90 Å². The highest BCUT2D eigenvalue weighted by Crippen LogP contribution is 2.31. The number of benzene rings is 1. The zero-order valence-corrected chi connectivity index (χ0v) is 14.3. The van der Waals surface area contributed by atoms with E-state index in [0.717, 1.165) is 12.1 Å². The van der Waals surface area contributed by atoms with Crippen molar-refractivity contribution in [3.8, 4) is 0 Å². The van der Waals surface area contributed by atoms with Crippen molar-refractivity contribution >= 4 is 17.5 Å². The van der Waals surface area contributed by atoms with E-state index in [4.69, 9.17) is 4.74 Å². The molecular weight excluding hydrogens is 336 g/mol. The van der Waals surface area contributed by atoms with Crippen LogP contribution in [0, 0.1) is 21.7 Å². The Morgan fingerprint density at radius 3 is 2.44 bits per heavy atom. The summed E-state index contributed by atoms with van der Waals surface area (Å²) in [6, 6.07) is 1.34. The lowest BCUT2D eigenvalue weighted by molar-refractivity contribution is -0.384. The molecule has 0 bridgehead atoms. The van der Waals surface area contributed by atoms with Crippen LogP contribution >= 0.6 is 0 Å². The van der Waals surface area contributed by atoms with Gasteiger partial charge in [0, 0.05) is 25.2 Å². The number of nitro benzene ring substituents is 1. The van der Waals surface area contributed by atoms with E-state index in [2.05, 4.69) is 5.32 Å². The third-order valence-corrected chi connectivity index (χ3v) is 3.76. The van der Waals surface area contributed by atoms with E-state index in [1.54, 1.807) is 20.8 Å². The first-order chi connectivity index (χ1) is 11.6. The van der Waals surface area contributed by atoms with E-state index < -0.39 is 39.6 Å². The number of halogens is 2. The molecule has 0 spiro atoms.